The summed E-state index contributed by atoms with van der Waals surface area (Å²) in [5.74, 6) is 1.47. The second-order valence-corrected chi connectivity index (χ2v) is 3.89. The highest BCUT2D eigenvalue weighted by atomic mass is 35.5. The molecule has 0 bridgehead atoms. The molecule has 1 aromatic rings. The highest BCUT2D eigenvalue weighted by molar-refractivity contribution is 6.31. The van der Waals surface area contributed by atoms with E-state index in [-0.39, 0.29) is 12.8 Å². The third kappa shape index (κ3) is 1.79. The van der Waals surface area contributed by atoms with Gasteiger partial charge in [0.25, 0.3) is 0 Å². The molecule has 1 atom stereocenters. The molecule has 0 amide bonds. The standard InChI is InChI=1S/C10H12ClNO2/c1-6(12)2-7-3-9-10(4-8(7)11)14-5-13-9/h3-4,6H,2,5,12H2,1H3. The van der Waals surface area contributed by atoms with E-state index in [4.69, 9.17) is 26.8 Å². The van der Waals surface area contributed by atoms with Crippen molar-refractivity contribution in [2.75, 3.05) is 6.79 Å². The molecular formula is C10H12ClNO2. The van der Waals surface area contributed by atoms with E-state index in [1.807, 2.05) is 13.0 Å². The fourth-order valence-corrected chi connectivity index (χ4v) is 1.69. The minimum absolute atomic E-state index is 0.0906. The van der Waals surface area contributed by atoms with Crippen molar-refractivity contribution < 1.29 is 9.47 Å². The maximum absolute atomic E-state index is 6.06. The SMILES string of the molecule is CC(N)Cc1cc2c(cc1Cl)OCO2. The number of halogens is 1. The van der Waals surface area contributed by atoms with Crippen LogP contribution >= 0.6 is 11.6 Å². The Balaban J connectivity index is 2.32. The fourth-order valence-electron chi connectivity index (χ4n) is 1.46. The predicted octanol–water partition coefficient (Wildman–Crippen LogP) is 1.96. The Morgan fingerprint density at radius 3 is 2.71 bits per heavy atom. The van der Waals surface area contributed by atoms with Gasteiger partial charge < -0.3 is 15.2 Å². The monoisotopic (exact) mass is 213 g/mol. The Bertz CT molecular complexity index is 352. The second kappa shape index (κ2) is 3.67. The minimum Gasteiger partial charge on any atom is -0.454 e. The first kappa shape index (κ1) is 9.62. The van der Waals surface area contributed by atoms with Crippen LogP contribution in [0.15, 0.2) is 12.1 Å². The van der Waals surface area contributed by atoms with Crippen molar-refractivity contribution in [1.82, 2.24) is 0 Å². The number of hydrogen-bond donors (Lipinski definition) is 1. The van der Waals surface area contributed by atoms with Crippen LogP contribution in [-0.2, 0) is 6.42 Å². The van der Waals surface area contributed by atoms with Crippen molar-refractivity contribution in [3.63, 3.8) is 0 Å². The molecule has 0 fully saturated rings. The van der Waals surface area contributed by atoms with E-state index in [0.717, 1.165) is 17.7 Å². The summed E-state index contributed by atoms with van der Waals surface area (Å²) in [7, 11) is 0. The summed E-state index contributed by atoms with van der Waals surface area (Å²) in [6, 6.07) is 3.77. The van der Waals surface area contributed by atoms with Crippen LogP contribution in [0.25, 0.3) is 0 Å². The Kier molecular flexibility index (Phi) is 2.52. The quantitative estimate of drug-likeness (QED) is 0.817. The van der Waals surface area contributed by atoms with Crippen LogP contribution in [0.5, 0.6) is 11.5 Å². The van der Waals surface area contributed by atoms with Gasteiger partial charge in [-0.3, -0.25) is 0 Å². The molecule has 0 aromatic heterocycles. The van der Waals surface area contributed by atoms with Gasteiger partial charge in [-0.15, -0.1) is 0 Å². The normalized spacial score (nSPS) is 15.6. The molecule has 0 aliphatic carbocycles. The lowest BCUT2D eigenvalue weighted by atomic mass is 10.1. The van der Waals surface area contributed by atoms with Crippen molar-refractivity contribution in [1.29, 1.82) is 0 Å². The van der Waals surface area contributed by atoms with E-state index in [0.29, 0.717) is 10.8 Å². The molecule has 2 rings (SSSR count). The molecule has 1 aliphatic rings. The van der Waals surface area contributed by atoms with Crippen molar-refractivity contribution in [2.24, 2.45) is 5.73 Å². The molecule has 4 heteroatoms. The largest absolute Gasteiger partial charge is 0.454 e. The molecule has 2 N–H and O–H groups in total. The Labute approximate surface area is 87.8 Å². The molecule has 0 saturated heterocycles. The lowest BCUT2D eigenvalue weighted by molar-refractivity contribution is 0.174. The highest BCUT2D eigenvalue weighted by Gasteiger charge is 2.16. The molecule has 0 saturated carbocycles. The van der Waals surface area contributed by atoms with Gasteiger partial charge in [0.05, 0.1) is 0 Å². The van der Waals surface area contributed by atoms with Crippen LogP contribution in [0.1, 0.15) is 12.5 Å². The van der Waals surface area contributed by atoms with Crippen molar-refractivity contribution in [2.45, 2.75) is 19.4 Å². The van der Waals surface area contributed by atoms with Gasteiger partial charge in [-0.05, 0) is 25.0 Å². The summed E-state index contributed by atoms with van der Waals surface area (Å²) in [6.07, 6.45) is 0.746. The third-order valence-corrected chi connectivity index (χ3v) is 2.44. The molecular weight excluding hydrogens is 202 g/mol. The molecule has 0 radical (unpaired) electrons. The van der Waals surface area contributed by atoms with E-state index in [1.165, 1.54) is 0 Å². The number of rotatable bonds is 2. The third-order valence-electron chi connectivity index (χ3n) is 2.08. The molecule has 1 aromatic carbocycles. The summed E-state index contributed by atoms with van der Waals surface area (Å²) >= 11 is 6.06. The molecule has 3 nitrogen and oxygen atoms in total. The highest BCUT2D eigenvalue weighted by Crippen LogP contribution is 2.36. The van der Waals surface area contributed by atoms with Crippen LogP contribution in [0.4, 0.5) is 0 Å². The first-order chi connectivity index (χ1) is 6.66. The number of hydrogen-bond acceptors (Lipinski definition) is 3. The minimum atomic E-state index is 0.0906. The molecule has 76 valence electrons. The van der Waals surface area contributed by atoms with Gasteiger partial charge in [0.2, 0.25) is 6.79 Å². The smallest absolute Gasteiger partial charge is 0.231 e. The van der Waals surface area contributed by atoms with Crippen molar-refractivity contribution in [3.05, 3.63) is 22.7 Å². The average molecular weight is 214 g/mol. The van der Waals surface area contributed by atoms with E-state index < -0.39 is 0 Å². The van der Waals surface area contributed by atoms with Gasteiger partial charge in [-0.1, -0.05) is 11.6 Å². The van der Waals surface area contributed by atoms with Crippen LogP contribution in [0, 0.1) is 0 Å². The zero-order chi connectivity index (χ0) is 10.1. The maximum Gasteiger partial charge on any atom is 0.231 e. The van der Waals surface area contributed by atoms with Gasteiger partial charge in [0.15, 0.2) is 11.5 Å². The van der Waals surface area contributed by atoms with Crippen molar-refractivity contribution >= 4 is 11.6 Å². The van der Waals surface area contributed by atoms with Crippen LogP contribution in [0.3, 0.4) is 0 Å². The van der Waals surface area contributed by atoms with Gasteiger partial charge in [-0.25, -0.2) is 0 Å². The number of benzene rings is 1. The van der Waals surface area contributed by atoms with Crippen LogP contribution < -0.4 is 15.2 Å². The molecule has 1 heterocycles. The van der Waals surface area contributed by atoms with Gasteiger partial charge in [-0.2, -0.15) is 0 Å². The number of fused-ring (bicyclic) bond motifs is 1. The maximum atomic E-state index is 6.06. The molecule has 1 aliphatic heterocycles. The summed E-state index contributed by atoms with van der Waals surface area (Å²) in [5.41, 5.74) is 6.71. The molecule has 1 unspecified atom stereocenters. The van der Waals surface area contributed by atoms with E-state index in [2.05, 4.69) is 0 Å². The topological polar surface area (TPSA) is 44.5 Å². The fraction of sp³-hybridized carbons (Fsp3) is 0.400. The zero-order valence-corrected chi connectivity index (χ0v) is 8.67. The van der Waals surface area contributed by atoms with Gasteiger partial charge >= 0.3 is 0 Å². The van der Waals surface area contributed by atoms with Crippen LogP contribution in [0.2, 0.25) is 5.02 Å². The summed E-state index contributed by atoms with van der Waals surface area (Å²) in [6.45, 7) is 2.22. The van der Waals surface area contributed by atoms with Crippen molar-refractivity contribution in [3.8, 4) is 11.5 Å². The predicted molar refractivity (Wildman–Crippen MR) is 54.9 cm³/mol. The average Bonchev–Trinajstić information content (AvgIpc) is 2.51. The number of ether oxygens (including phenoxy) is 2. The Hall–Kier alpha value is -0.930. The summed E-state index contributed by atoms with van der Waals surface area (Å²) in [4.78, 5) is 0. The first-order valence-corrected chi connectivity index (χ1v) is 4.88. The second-order valence-electron chi connectivity index (χ2n) is 3.48. The lowest BCUT2D eigenvalue weighted by Crippen LogP contribution is -2.17. The Morgan fingerprint density at radius 1 is 1.43 bits per heavy atom. The van der Waals surface area contributed by atoms with Gasteiger partial charge in [0, 0.05) is 17.1 Å². The zero-order valence-electron chi connectivity index (χ0n) is 7.92. The number of nitrogens with two attached hydrogens (primary N) is 1. The molecule has 0 spiro atoms. The summed E-state index contributed by atoms with van der Waals surface area (Å²) < 4.78 is 10.5. The molecule has 14 heavy (non-hydrogen) atoms. The van der Waals surface area contributed by atoms with E-state index >= 15 is 0 Å². The van der Waals surface area contributed by atoms with E-state index in [9.17, 15) is 0 Å². The van der Waals surface area contributed by atoms with Gasteiger partial charge in [0.1, 0.15) is 0 Å². The lowest BCUT2D eigenvalue weighted by Gasteiger charge is -2.08. The van der Waals surface area contributed by atoms with E-state index in [1.54, 1.807) is 6.07 Å². The Morgan fingerprint density at radius 2 is 2.07 bits per heavy atom. The summed E-state index contributed by atoms with van der Waals surface area (Å²) in [5, 5.41) is 0.687. The first-order valence-electron chi connectivity index (χ1n) is 4.50. The van der Waals surface area contributed by atoms with Crippen LogP contribution in [-0.4, -0.2) is 12.8 Å².